The quantitative estimate of drug-likeness (QED) is 0.820. The summed E-state index contributed by atoms with van der Waals surface area (Å²) in [6.45, 7) is 13.5. The molecule has 1 unspecified atom stereocenters. The molecule has 0 aliphatic carbocycles. The summed E-state index contributed by atoms with van der Waals surface area (Å²) in [7, 11) is 2.25. The zero-order valence-electron chi connectivity index (χ0n) is 15.9. The molecule has 4 heterocycles. The van der Waals surface area contributed by atoms with Gasteiger partial charge in [-0.1, -0.05) is 32.1 Å². The topological polar surface area (TPSA) is 39.9 Å². The van der Waals surface area contributed by atoms with Gasteiger partial charge < -0.3 is 9.80 Å². The average molecular weight is 363 g/mol. The van der Waals surface area contributed by atoms with Gasteiger partial charge in [0.25, 0.3) is 0 Å². The SMILES string of the molecule is CN1CCCC(N2CCN(c3nn4cc(C(C)(C)C)nc4s3)CC2)C1. The van der Waals surface area contributed by atoms with Crippen molar-refractivity contribution in [1.82, 2.24) is 24.4 Å². The molecule has 4 rings (SSSR count). The first-order valence-electron chi connectivity index (χ1n) is 9.44. The van der Waals surface area contributed by atoms with E-state index in [-0.39, 0.29) is 5.41 Å². The van der Waals surface area contributed by atoms with Crippen LogP contribution in [0.1, 0.15) is 39.3 Å². The molecule has 0 spiro atoms. The molecule has 25 heavy (non-hydrogen) atoms. The number of likely N-dealkylation sites (tertiary alicyclic amines) is 1. The average Bonchev–Trinajstić information content (AvgIpc) is 3.13. The zero-order chi connectivity index (χ0) is 17.6. The lowest BCUT2D eigenvalue weighted by atomic mass is 9.93. The van der Waals surface area contributed by atoms with Crippen LogP contribution in [0.15, 0.2) is 6.20 Å². The number of piperazine rings is 1. The number of rotatable bonds is 2. The second-order valence-electron chi connectivity index (χ2n) is 8.57. The molecule has 1 atom stereocenters. The monoisotopic (exact) mass is 362 g/mol. The summed E-state index contributed by atoms with van der Waals surface area (Å²) >= 11 is 1.72. The molecule has 0 aromatic carbocycles. The smallest absolute Gasteiger partial charge is 0.214 e. The lowest BCUT2D eigenvalue weighted by Crippen LogP contribution is -2.54. The number of hydrogen-bond donors (Lipinski definition) is 0. The summed E-state index contributed by atoms with van der Waals surface area (Å²) in [5, 5.41) is 5.91. The minimum atomic E-state index is 0.0758. The van der Waals surface area contributed by atoms with Gasteiger partial charge in [-0.15, -0.1) is 5.10 Å². The second-order valence-corrected chi connectivity index (χ2v) is 9.50. The van der Waals surface area contributed by atoms with Crippen LogP contribution in [0, 0.1) is 0 Å². The standard InChI is InChI=1S/C18H30N6S/c1-18(2,3)15-13-24-16(19-15)25-17(20-24)23-10-8-22(9-11-23)14-6-5-7-21(4)12-14/h13-14H,5-12H2,1-4H3. The van der Waals surface area contributed by atoms with E-state index in [9.17, 15) is 0 Å². The molecule has 2 aromatic rings. The summed E-state index contributed by atoms with van der Waals surface area (Å²) in [5.74, 6) is 0. The van der Waals surface area contributed by atoms with Gasteiger partial charge in [-0.05, 0) is 26.4 Å². The minimum absolute atomic E-state index is 0.0758. The first-order chi connectivity index (χ1) is 11.9. The van der Waals surface area contributed by atoms with Gasteiger partial charge >= 0.3 is 0 Å². The molecule has 6 nitrogen and oxygen atoms in total. The van der Waals surface area contributed by atoms with Crippen LogP contribution in [0.5, 0.6) is 0 Å². The molecule has 0 N–H and O–H groups in total. The predicted molar refractivity (Wildman–Crippen MR) is 104 cm³/mol. The fourth-order valence-electron chi connectivity index (χ4n) is 3.89. The fraction of sp³-hybridized carbons (Fsp3) is 0.778. The molecule has 7 heteroatoms. The van der Waals surface area contributed by atoms with Gasteiger partial charge in [0.2, 0.25) is 10.1 Å². The van der Waals surface area contributed by atoms with Gasteiger partial charge in [-0.3, -0.25) is 4.90 Å². The molecular weight excluding hydrogens is 332 g/mol. The highest BCUT2D eigenvalue weighted by Crippen LogP contribution is 2.28. The van der Waals surface area contributed by atoms with Gasteiger partial charge in [-0.25, -0.2) is 9.50 Å². The van der Waals surface area contributed by atoms with E-state index in [1.165, 1.54) is 25.9 Å². The van der Waals surface area contributed by atoms with E-state index < -0.39 is 0 Å². The van der Waals surface area contributed by atoms with Crippen molar-refractivity contribution in [3.63, 3.8) is 0 Å². The van der Waals surface area contributed by atoms with Crippen LogP contribution in [0.25, 0.3) is 4.96 Å². The molecule has 2 aliphatic heterocycles. The van der Waals surface area contributed by atoms with Crippen molar-refractivity contribution < 1.29 is 0 Å². The van der Waals surface area contributed by atoms with E-state index in [2.05, 4.69) is 48.7 Å². The van der Waals surface area contributed by atoms with Crippen molar-refractivity contribution in [2.24, 2.45) is 0 Å². The maximum absolute atomic E-state index is 4.79. The number of nitrogens with zero attached hydrogens (tertiary/aromatic N) is 6. The number of hydrogen-bond acceptors (Lipinski definition) is 6. The van der Waals surface area contributed by atoms with Crippen LogP contribution in [0.4, 0.5) is 5.13 Å². The highest BCUT2D eigenvalue weighted by Gasteiger charge is 2.28. The Balaban J connectivity index is 1.40. The Morgan fingerprint density at radius 3 is 2.52 bits per heavy atom. The second kappa shape index (κ2) is 6.52. The van der Waals surface area contributed by atoms with Gasteiger partial charge in [0.05, 0.1) is 11.9 Å². The number of piperidine rings is 1. The van der Waals surface area contributed by atoms with E-state index in [1.807, 2.05) is 4.52 Å². The maximum atomic E-state index is 4.79. The van der Waals surface area contributed by atoms with Crippen LogP contribution in [0.2, 0.25) is 0 Å². The molecule has 2 saturated heterocycles. The van der Waals surface area contributed by atoms with E-state index in [0.29, 0.717) is 0 Å². The van der Waals surface area contributed by atoms with Gasteiger partial charge in [0.15, 0.2) is 0 Å². The molecule has 0 amide bonds. The van der Waals surface area contributed by atoms with Crippen molar-refractivity contribution in [3.8, 4) is 0 Å². The Labute approximate surface area is 154 Å². The molecule has 2 aromatic heterocycles. The van der Waals surface area contributed by atoms with Crippen molar-refractivity contribution >= 4 is 21.4 Å². The van der Waals surface area contributed by atoms with E-state index >= 15 is 0 Å². The molecule has 0 radical (unpaired) electrons. The predicted octanol–water partition coefficient (Wildman–Crippen LogP) is 2.30. The van der Waals surface area contributed by atoms with Crippen LogP contribution >= 0.6 is 11.3 Å². The Kier molecular flexibility index (Phi) is 4.50. The van der Waals surface area contributed by atoms with Gasteiger partial charge in [-0.2, -0.15) is 0 Å². The van der Waals surface area contributed by atoms with Gasteiger partial charge in [0, 0.05) is 44.2 Å². The van der Waals surface area contributed by atoms with E-state index in [4.69, 9.17) is 10.1 Å². The van der Waals surface area contributed by atoms with Crippen molar-refractivity contribution in [3.05, 3.63) is 11.9 Å². The first-order valence-corrected chi connectivity index (χ1v) is 10.3. The molecule has 2 fully saturated rings. The zero-order valence-corrected chi connectivity index (χ0v) is 16.7. The van der Waals surface area contributed by atoms with Crippen LogP contribution in [-0.2, 0) is 5.41 Å². The van der Waals surface area contributed by atoms with Crippen molar-refractivity contribution in [2.75, 3.05) is 51.2 Å². The Morgan fingerprint density at radius 1 is 1.12 bits per heavy atom. The maximum Gasteiger partial charge on any atom is 0.214 e. The number of imidazole rings is 1. The third-order valence-corrected chi connectivity index (χ3v) is 6.49. The fourth-order valence-corrected chi connectivity index (χ4v) is 4.83. The lowest BCUT2D eigenvalue weighted by molar-refractivity contribution is 0.106. The van der Waals surface area contributed by atoms with Crippen molar-refractivity contribution in [1.29, 1.82) is 0 Å². The summed E-state index contributed by atoms with van der Waals surface area (Å²) in [6.07, 6.45) is 4.77. The third kappa shape index (κ3) is 3.55. The third-order valence-electron chi connectivity index (χ3n) is 5.50. The van der Waals surface area contributed by atoms with E-state index in [1.54, 1.807) is 11.3 Å². The number of likely N-dealkylation sites (N-methyl/N-ethyl adjacent to an activating group) is 1. The lowest BCUT2D eigenvalue weighted by Gasteiger charge is -2.42. The van der Waals surface area contributed by atoms with Crippen LogP contribution < -0.4 is 4.90 Å². The summed E-state index contributed by atoms with van der Waals surface area (Å²) < 4.78 is 1.96. The Hall–Kier alpha value is -1.18. The van der Waals surface area contributed by atoms with Crippen LogP contribution in [0.3, 0.4) is 0 Å². The van der Waals surface area contributed by atoms with Crippen molar-refractivity contribution in [2.45, 2.75) is 45.1 Å². The molecule has 0 bridgehead atoms. The highest BCUT2D eigenvalue weighted by molar-refractivity contribution is 7.20. The first kappa shape index (κ1) is 17.2. The number of fused-ring (bicyclic) bond motifs is 1. The van der Waals surface area contributed by atoms with Crippen LogP contribution in [-0.4, -0.2) is 76.8 Å². The molecule has 0 saturated carbocycles. The normalized spacial score (nSPS) is 24.3. The number of anilines is 1. The number of aromatic nitrogens is 3. The molecule has 2 aliphatic rings. The summed E-state index contributed by atoms with van der Waals surface area (Å²) in [5.41, 5.74) is 1.19. The van der Waals surface area contributed by atoms with Gasteiger partial charge in [0.1, 0.15) is 0 Å². The summed E-state index contributed by atoms with van der Waals surface area (Å²) in [4.78, 5) is 13.4. The largest absolute Gasteiger partial charge is 0.344 e. The van der Waals surface area contributed by atoms with E-state index in [0.717, 1.165) is 48.0 Å². The molecular formula is C18H30N6S. The Morgan fingerprint density at radius 2 is 1.88 bits per heavy atom. The summed E-state index contributed by atoms with van der Waals surface area (Å²) in [6, 6.07) is 0.740. The minimum Gasteiger partial charge on any atom is -0.344 e. The molecule has 138 valence electrons. The Bertz CT molecular complexity index is 690. The highest BCUT2D eigenvalue weighted by atomic mass is 32.1.